The van der Waals surface area contributed by atoms with Crippen LogP contribution in [0.2, 0.25) is 0 Å². The van der Waals surface area contributed by atoms with Crippen LogP contribution in [0.25, 0.3) is 6.08 Å². The van der Waals surface area contributed by atoms with Crippen LogP contribution in [-0.4, -0.2) is 12.6 Å². The van der Waals surface area contributed by atoms with Gasteiger partial charge in [-0.2, -0.15) is 0 Å². The number of hydrogen-bond acceptors (Lipinski definition) is 1. The van der Waals surface area contributed by atoms with E-state index in [2.05, 4.69) is 5.32 Å². The minimum absolute atomic E-state index is 0. The predicted molar refractivity (Wildman–Crippen MR) is 63.7 cm³/mol. The van der Waals surface area contributed by atoms with Crippen LogP contribution in [-0.2, 0) is 0 Å². The molecule has 0 amide bonds. The van der Waals surface area contributed by atoms with E-state index in [4.69, 9.17) is 0 Å². The van der Waals surface area contributed by atoms with Gasteiger partial charge in [-0.05, 0) is 37.6 Å². The van der Waals surface area contributed by atoms with E-state index in [-0.39, 0.29) is 18.2 Å². The Balaban J connectivity index is 0.00000128. The van der Waals surface area contributed by atoms with Crippen molar-refractivity contribution in [3.8, 4) is 0 Å². The van der Waals surface area contributed by atoms with E-state index in [1.54, 1.807) is 6.08 Å². The molecule has 0 aromatic heterocycles. The number of nitrogens with one attached hydrogen (secondary N) is 1. The summed E-state index contributed by atoms with van der Waals surface area (Å²) in [6.45, 7) is 1.00. The maximum atomic E-state index is 13.2. The maximum Gasteiger partial charge on any atom is 0.130 e. The smallest absolute Gasteiger partial charge is 0.130 e. The molecule has 0 radical (unpaired) electrons. The highest BCUT2D eigenvalue weighted by Crippen LogP contribution is 2.13. The molecule has 0 spiro atoms. The van der Waals surface area contributed by atoms with Gasteiger partial charge in [0.2, 0.25) is 0 Å². The van der Waals surface area contributed by atoms with E-state index in [0.717, 1.165) is 31.5 Å². The summed E-state index contributed by atoms with van der Waals surface area (Å²) >= 11 is 0. The second-order valence-corrected chi connectivity index (χ2v) is 3.73. The SMILES string of the molecule is Cl.Fc1ccc(F)c(/C=C/C2CCCN2)c1. The van der Waals surface area contributed by atoms with Crippen molar-refractivity contribution in [3.05, 3.63) is 41.5 Å². The van der Waals surface area contributed by atoms with Crippen molar-refractivity contribution in [1.82, 2.24) is 5.32 Å². The van der Waals surface area contributed by atoms with Crippen LogP contribution in [0.1, 0.15) is 18.4 Å². The van der Waals surface area contributed by atoms with Gasteiger partial charge in [0.15, 0.2) is 0 Å². The zero-order valence-electron chi connectivity index (χ0n) is 8.75. The van der Waals surface area contributed by atoms with Crippen LogP contribution >= 0.6 is 12.4 Å². The standard InChI is InChI=1S/C12H13F2N.ClH/c13-10-4-6-12(14)9(8-10)3-5-11-2-1-7-15-11;/h3-6,8,11,15H,1-2,7H2;1H/b5-3+;. The zero-order chi connectivity index (χ0) is 10.7. The first-order valence-corrected chi connectivity index (χ1v) is 5.12. The monoisotopic (exact) mass is 245 g/mol. The number of halogens is 3. The van der Waals surface area contributed by atoms with Crippen molar-refractivity contribution >= 4 is 18.5 Å². The summed E-state index contributed by atoms with van der Waals surface area (Å²) in [6.07, 6.45) is 5.74. The summed E-state index contributed by atoms with van der Waals surface area (Å²) in [5.41, 5.74) is 0.309. The van der Waals surface area contributed by atoms with Crippen LogP contribution in [0.3, 0.4) is 0 Å². The Morgan fingerprint density at radius 2 is 2.12 bits per heavy atom. The van der Waals surface area contributed by atoms with Crippen molar-refractivity contribution in [1.29, 1.82) is 0 Å². The van der Waals surface area contributed by atoms with E-state index < -0.39 is 5.82 Å². The highest BCUT2D eigenvalue weighted by Gasteiger charge is 2.10. The van der Waals surface area contributed by atoms with Gasteiger partial charge in [-0.1, -0.05) is 12.2 Å². The molecule has 1 aromatic rings. The molecule has 1 atom stereocenters. The second kappa shape index (κ2) is 5.97. The molecule has 1 aliphatic heterocycles. The van der Waals surface area contributed by atoms with E-state index in [1.807, 2.05) is 6.08 Å². The van der Waals surface area contributed by atoms with Crippen LogP contribution in [0, 0.1) is 11.6 Å². The van der Waals surface area contributed by atoms with Crippen molar-refractivity contribution in [3.63, 3.8) is 0 Å². The number of benzene rings is 1. The summed E-state index contributed by atoms with van der Waals surface area (Å²) in [6, 6.07) is 3.78. The Morgan fingerprint density at radius 3 is 2.81 bits per heavy atom. The van der Waals surface area contributed by atoms with Crippen molar-refractivity contribution in [2.45, 2.75) is 18.9 Å². The Labute approximate surface area is 100.0 Å². The van der Waals surface area contributed by atoms with Gasteiger partial charge in [0.1, 0.15) is 11.6 Å². The van der Waals surface area contributed by atoms with Gasteiger partial charge in [0, 0.05) is 11.6 Å². The zero-order valence-corrected chi connectivity index (χ0v) is 9.57. The highest BCUT2D eigenvalue weighted by atomic mass is 35.5. The van der Waals surface area contributed by atoms with Crippen LogP contribution in [0.15, 0.2) is 24.3 Å². The van der Waals surface area contributed by atoms with Gasteiger partial charge in [-0.25, -0.2) is 8.78 Å². The van der Waals surface area contributed by atoms with Gasteiger partial charge in [0.05, 0.1) is 0 Å². The lowest BCUT2D eigenvalue weighted by Crippen LogP contribution is -2.17. The minimum Gasteiger partial charge on any atom is -0.311 e. The quantitative estimate of drug-likeness (QED) is 0.844. The van der Waals surface area contributed by atoms with Gasteiger partial charge in [-0.15, -0.1) is 12.4 Å². The summed E-state index contributed by atoms with van der Waals surface area (Å²) in [5.74, 6) is -0.791. The highest BCUT2D eigenvalue weighted by molar-refractivity contribution is 5.85. The summed E-state index contributed by atoms with van der Waals surface area (Å²) in [5, 5.41) is 3.26. The molecule has 0 aliphatic carbocycles. The minimum atomic E-state index is -0.407. The van der Waals surface area contributed by atoms with Crippen molar-refractivity contribution in [2.75, 3.05) is 6.54 Å². The first kappa shape index (κ1) is 13.1. The second-order valence-electron chi connectivity index (χ2n) is 3.73. The largest absolute Gasteiger partial charge is 0.311 e. The summed E-state index contributed by atoms with van der Waals surface area (Å²) in [4.78, 5) is 0. The van der Waals surface area contributed by atoms with Crippen LogP contribution < -0.4 is 5.32 Å². The third-order valence-corrected chi connectivity index (χ3v) is 2.56. The molecule has 1 N–H and O–H groups in total. The maximum absolute atomic E-state index is 13.2. The molecule has 1 unspecified atom stereocenters. The molecular weight excluding hydrogens is 232 g/mol. The summed E-state index contributed by atoms with van der Waals surface area (Å²) < 4.78 is 26.0. The van der Waals surface area contributed by atoms with Crippen molar-refractivity contribution in [2.24, 2.45) is 0 Å². The molecule has 1 fully saturated rings. The normalized spacial score (nSPS) is 20.0. The molecule has 2 rings (SSSR count). The molecule has 0 bridgehead atoms. The van der Waals surface area contributed by atoms with Crippen LogP contribution in [0.5, 0.6) is 0 Å². The van der Waals surface area contributed by atoms with E-state index in [9.17, 15) is 8.78 Å². The Morgan fingerprint density at radius 1 is 1.31 bits per heavy atom. The first-order valence-electron chi connectivity index (χ1n) is 5.12. The lowest BCUT2D eigenvalue weighted by atomic mass is 10.1. The molecule has 0 saturated carbocycles. The Hall–Kier alpha value is -0.930. The lowest BCUT2D eigenvalue weighted by molar-refractivity contribution is 0.597. The average Bonchev–Trinajstić information content (AvgIpc) is 2.72. The average molecular weight is 246 g/mol. The fourth-order valence-corrected chi connectivity index (χ4v) is 1.74. The molecular formula is C12H14ClF2N. The third-order valence-electron chi connectivity index (χ3n) is 2.56. The number of hydrogen-bond donors (Lipinski definition) is 1. The van der Waals surface area contributed by atoms with Gasteiger partial charge in [0.25, 0.3) is 0 Å². The first-order chi connectivity index (χ1) is 7.25. The Kier molecular flexibility index (Phi) is 4.90. The van der Waals surface area contributed by atoms with Gasteiger partial charge in [-0.3, -0.25) is 0 Å². The van der Waals surface area contributed by atoms with Crippen molar-refractivity contribution < 1.29 is 8.78 Å². The lowest BCUT2D eigenvalue weighted by Gasteiger charge is -2.02. The molecule has 1 saturated heterocycles. The van der Waals surface area contributed by atoms with Gasteiger partial charge >= 0.3 is 0 Å². The van der Waals surface area contributed by atoms with Crippen LogP contribution in [0.4, 0.5) is 8.78 Å². The molecule has 88 valence electrons. The van der Waals surface area contributed by atoms with Gasteiger partial charge < -0.3 is 5.32 Å². The fraction of sp³-hybridized carbons (Fsp3) is 0.333. The third kappa shape index (κ3) is 3.29. The number of rotatable bonds is 2. The topological polar surface area (TPSA) is 12.0 Å². The molecule has 1 nitrogen and oxygen atoms in total. The molecule has 4 heteroatoms. The molecule has 1 aliphatic rings. The predicted octanol–water partition coefficient (Wildman–Crippen LogP) is 3.15. The van der Waals surface area contributed by atoms with E-state index >= 15 is 0 Å². The fourth-order valence-electron chi connectivity index (χ4n) is 1.74. The van der Waals surface area contributed by atoms with E-state index in [0.29, 0.717) is 11.6 Å². The molecule has 1 aromatic carbocycles. The Bertz CT molecular complexity index is 373. The summed E-state index contributed by atoms with van der Waals surface area (Å²) in [7, 11) is 0. The molecule has 1 heterocycles. The molecule has 16 heavy (non-hydrogen) atoms. The van der Waals surface area contributed by atoms with E-state index in [1.165, 1.54) is 6.07 Å².